The average molecular weight is 1140 g/mol. The summed E-state index contributed by atoms with van der Waals surface area (Å²) in [5.74, 6) is -8.37. The lowest BCUT2D eigenvalue weighted by Crippen LogP contribution is -2.45. The van der Waals surface area contributed by atoms with Gasteiger partial charge in [-0.1, -0.05) is 31.5 Å². The maximum atomic E-state index is 12.1. The third-order valence-electron chi connectivity index (χ3n) is 10.6. The van der Waals surface area contributed by atoms with E-state index in [2.05, 4.69) is 21.3 Å². The Morgan fingerprint density at radius 3 is 1.78 bits per heavy atom. The standard InChI is InChI=1S/C24H41N3O15S2.C24H37N3O6/c1-2-19(24(34)35)26-21(30)8-7-17(23(32)33)15-18(28)16-42-12-11-41-10-9-25-20(29)5-3-13-43(36,37)27-22(31)6-4-14-44(38,39)40;1-3-20(28)7-6-14-32-15-16-33-17-22(29)27-21(23(25)30)8-4-5-13-26-24(31)19-11-9-18(2)10-12-19/h17,19H,2-16H2,1H3,(H,25,29)(H,26,30)(H,27,31)(H,32,33)(H,34,35)(H,38,39,40);9-12,21H,3-8,13-17H2,1-2H3,(H2,25,30)(H,26,31)(H,27,29)/t17-,19-;21-/m10/s1. The zero-order chi connectivity index (χ0) is 58.2. The summed E-state index contributed by atoms with van der Waals surface area (Å²) in [4.78, 5) is 117. The molecule has 27 nitrogen and oxygen atoms in total. The number of hydrogen-bond acceptors (Lipinski definition) is 18. The van der Waals surface area contributed by atoms with Gasteiger partial charge >= 0.3 is 11.9 Å². The van der Waals surface area contributed by atoms with Crippen LogP contribution < -0.4 is 31.7 Å². The average Bonchev–Trinajstić information content (AvgIpc) is 3.34. The van der Waals surface area contributed by atoms with Gasteiger partial charge in [0, 0.05) is 63.8 Å². The van der Waals surface area contributed by atoms with Gasteiger partial charge in [0.15, 0.2) is 5.78 Å². The summed E-state index contributed by atoms with van der Waals surface area (Å²) in [7, 11) is -8.29. The van der Waals surface area contributed by atoms with Crippen molar-refractivity contribution in [2.45, 2.75) is 123 Å². The van der Waals surface area contributed by atoms with Gasteiger partial charge in [-0.25, -0.2) is 13.2 Å². The summed E-state index contributed by atoms with van der Waals surface area (Å²) < 4.78 is 76.2. The van der Waals surface area contributed by atoms with E-state index in [-0.39, 0.29) is 103 Å². The predicted octanol–water partition coefficient (Wildman–Crippen LogP) is 0.107. The van der Waals surface area contributed by atoms with E-state index >= 15 is 0 Å². The van der Waals surface area contributed by atoms with Crippen molar-refractivity contribution in [2.24, 2.45) is 11.7 Å². The van der Waals surface area contributed by atoms with Crippen molar-refractivity contribution in [1.29, 1.82) is 0 Å². The van der Waals surface area contributed by atoms with Gasteiger partial charge in [-0.05, 0) is 70.4 Å². The van der Waals surface area contributed by atoms with E-state index in [0.29, 0.717) is 63.8 Å². The lowest BCUT2D eigenvalue weighted by Gasteiger charge is -2.15. The molecule has 0 aromatic heterocycles. The van der Waals surface area contributed by atoms with Crippen LogP contribution in [0.15, 0.2) is 24.3 Å². The normalized spacial score (nSPS) is 12.4. The summed E-state index contributed by atoms with van der Waals surface area (Å²) in [6, 6.07) is 5.43. The monoisotopic (exact) mass is 1140 g/mol. The van der Waals surface area contributed by atoms with Crippen LogP contribution in [0.4, 0.5) is 0 Å². The number of carbonyl (C=O) groups excluding carboxylic acids is 8. The molecule has 77 heavy (non-hydrogen) atoms. The number of ether oxygens (including phenoxy) is 4. The highest BCUT2D eigenvalue weighted by molar-refractivity contribution is 7.90. The molecule has 29 heteroatoms. The minimum atomic E-state index is -4.26. The molecular formula is C48H78N6O21S2. The number of carboxylic acid groups (broad SMARTS) is 2. The SMILES string of the molecule is CCC(=O)CCCOCCOCC(=O)N[C@@H](CCCCNC(=O)c1ccc(C)cc1)C(N)=O.CC[C@@H](NC(=O)CC[C@H](CC(=O)COCCOCCNC(=O)CCCS(=O)(=O)NC(=O)CCCS(=O)(=O)O)C(=O)O)C(=O)O. The number of Topliss-reactive ketones (excluding diaryl/α,β-unsaturated/α-hetero) is 2. The van der Waals surface area contributed by atoms with E-state index in [1.54, 1.807) is 23.8 Å². The largest absolute Gasteiger partial charge is 0.481 e. The van der Waals surface area contributed by atoms with Crippen molar-refractivity contribution in [1.82, 2.24) is 26.0 Å². The Morgan fingerprint density at radius 1 is 0.584 bits per heavy atom. The molecule has 1 aromatic carbocycles. The number of hydrogen-bond donors (Lipinski definition) is 9. The molecule has 3 atom stereocenters. The number of carbonyl (C=O) groups is 10. The zero-order valence-electron chi connectivity index (χ0n) is 44.0. The Bertz CT molecular complexity index is 2250. The van der Waals surface area contributed by atoms with Gasteiger partial charge in [0.25, 0.3) is 16.0 Å². The number of carboxylic acids is 2. The van der Waals surface area contributed by atoms with Gasteiger partial charge in [-0.3, -0.25) is 52.4 Å². The van der Waals surface area contributed by atoms with E-state index in [9.17, 15) is 69.9 Å². The second-order valence-corrected chi connectivity index (χ2v) is 20.8. The van der Waals surface area contributed by atoms with Crippen LogP contribution in [-0.2, 0) is 82.2 Å². The Balaban J connectivity index is 0.00000156. The number of amides is 6. The highest BCUT2D eigenvalue weighted by Crippen LogP contribution is 2.13. The third-order valence-corrected chi connectivity index (χ3v) is 12.8. The molecule has 0 bridgehead atoms. The summed E-state index contributed by atoms with van der Waals surface area (Å²) in [6.45, 7) is 6.46. The maximum absolute atomic E-state index is 12.1. The lowest BCUT2D eigenvalue weighted by atomic mass is 9.97. The van der Waals surface area contributed by atoms with Crippen molar-refractivity contribution < 1.29 is 98.5 Å². The topological polar surface area (TPSA) is 423 Å². The predicted molar refractivity (Wildman–Crippen MR) is 276 cm³/mol. The van der Waals surface area contributed by atoms with Gasteiger partial charge in [-0.2, -0.15) is 8.42 Å². The molecule has 438 valence electrons. The molecular weight excluding hydrogens is 1060 g/mol. The van der Waals surface area contributed by atoms with Crippen LogP contribution in [0.5, 0.6) is 0 Å². The minimum absolute atomic E-state index is 0.00713. The number of ketones is 2. The fraction of sp³-hybridized carbons (Fsp3) is 0.667. The molecule has 0 saturated heterocycles. The van der Waals surface area contributed by atoms with Crippen molar-refractivity contribution in [3.8, 4) is 0 Å². The minimum Gasteiger partial charge on any atom is -0.481 e. The molecule has 0 aliphatic heterocycles. The number of benzene rings is 1. The Morgan fingerprint density at radius 2 is 1.18 bits per heavy atom. The van der Waals surface area contributed by atoms with Gasteiger partial charge in [-0.15, -0.1) is 0 Å². The number of aryl methyl sites for hydroxylation is 1. The molecule has 0 aliphatic rings. The van der Waals surface area contributed by atoms with Crippen LogP contribution in [0.2, 0.25) is 0 Å². The number of sulfonamides is 1. The summed E-state index contributed by atoms with van der Waals surface area (Å²) in [5.41, 5.74) is 7.06. The first-order chi connectivity index (χ1) is 36.3. The van der Waals surface area contributed by atoms with Crippen molar-refractivity contribution in [3.05, 3.63) is 35.4 Å². The summed E-state index contributed by atoms with van der Waals surface area (Å²) in [6.07, 6.45) is 1.76. The molecule has 0 unspecified atom stereocenters. The van der Waals surface area contributed by atoms with Crippen LogP contribution in [0, 0.1) is 12.8 Å². The molecule has 0 aliphatic carbocycles. The lowest BCUT2D eigenvalue weighted by molar-refractivity contribution is -0.145. The van der Waals surface area contributed by atoms with Gasteiger partial charge in [0.2, 0.25) is 39.6 Å². The molecule has 0 heterocycles. The van der Waals surface area contributed by atoms with E-state index in [1.165, 1.54) is 0 Å². The van der Waals surface area contributed by atoms with Crippen LogP contribution in [0.25, 0.3) is 0 Å². The van der Waals surface area contributed by atoms with Crippen LogP contribution in [-0.4, -0.2) is 180 Å². The Hall–Kier alpha value is -5.98. The first-order valence-electron chi connectivity index (χ1n) is 25.1. The summed E-state index contributed by atoms with van der Waals surface area (Å²) in [5, 5.41) is 28.5. The molecule has 0 radical (unpaired) electrons. The highest BCUT2D eigenvalue weighted by Gasteiger charge is 2.24. The quantitative estimate of drug-likeness (QED) is 0.0309. The first kappa shape index (κ1) is 71.0. The fourth-order valence-corrected chi connectivity index (χ4v) is 7.95. The van der Waals surface area contributed by atoms with Crippen LogP contribution >= 0.6 is 0 Å². The molecule has 1 rings (SSSR count). The third kappa shape index (κ3) is 40.0. The first-order valence-corrected chi connectivity index (χ1v) is 28.3. The zero-order valence-corrected chi connectivity index (χ0v) is 45.6. The second-order valence-electron chi connectivity index (χ2n) is 17.3. The van der Waals surface area contributed by atoms with Gasteiger partial charge in [0.05, 0.1) is 50.5 Å². The smallest absolute Gasteiger partial charge is 0.326 e. The van der Waals surface area contributed by atoms with E-state index in [4.69, 9.17) is 34.3 Å². The fourth-order valence-electron chi connectivity index (χ4n) is 6.36. The van der Waals surface area contributed by atoms with Crippen LogP contribution in [0.1, 0.15) is 120 Å². The number of rotatable bonds is 44. The molecule has 1 aromatic rings. The number of aliphatic carboxylic acids is 2. The molecule has 6 amide bonds. The van der Waals surface area contributed by atoms with Crippen LogP contribution in [0.3, 0.4) is 0 Å². The number of nitrogens with two attached hydrogens (primary N) is 1. The molecule has 10 N–H and O–H groups in total. The number of primary amides is 1. The van der Waals surface area contributed by atoms with E-state index in [1.807, 2.05) is 26.0 Å². The number of unbranched alkanes of at least 4 members (excludes halogenated alkanes) is 1. The van der Waals surface area contributed by atoms with Gasteiger partial charge in [0.1, 0.15) is 31.1 Å². The highest BCUT2D eigenvalue weighted by atomic mass is 32.2. The van der Waals surface area contributed by atoms with Crippen molar-refractivity contribution in [2.75, 3.05) is 77.5 Å². The number of nitrogens with one attached hydrogen (secondary N) is 5. The Kier molecular flexibility index (Phi) is 38.0. The van der Waals surface area contributed by atoms with Crippen molar-refractivity contribution in [3.63, 3.8) is 0 Å². The molecule has 0 saturated carbocycles. The maximum Gasteiger partial charge on any atom is 0.326 e. The Labute approximate surface area is 449 Å². The van der Waals surface area contributed by atoms with Crippen molar-refractivity contribution >= 4 is 79.1 Å². The molecule has 0 fully saturated rings. The van der Waals surface area contributed by atoms with E-state index in [0.717, 1.165) is 5.56 Å². The summed E-state index contributed by atoms with van der Waals surface area (Å²) >= 11 is 0. The van der Waals surface area contributed by atoms with E-state index < -0.39 is 103 Å². The molecule has 0 spiro atoms. The van der Waals surface area contributed by atoms with Gasteiger partial charge < -0.3 is 56.2 Å². The second kappa shape index (κ2) is 41.2.